The maximum absolute atomic E-state index is 13.8. The zero-order valence-electron chi connectivity index (χ0n) is 18.4. The van der Waals surface area contributed by atoms with E-state index in [0.717, 1.165) is 11.6 Å². The van der Waals surface area contributed by atoms with Gasteiger partial charge in [-0.05, 0) is 40.5 Å². The van der Waals surface area contributed by atoms with Crippen molar-refractivity contribution in [3.63, 3.8) is 0 Å². The number of aromatic carboxylic acids is 2. The Kier molecular flexibility index (Phi) is 5.37. The summed E-state index contributed by atoms with van der Waals surface area (Å²) in [6.45, 7) is -0.0905. The van der Waals surface area contributed by atoms with Gasteiger partial charge in [-0.3, -0.25) is 9.59 Å². The van der Waals surface area contributed by atoms with E-state index in [2.05, 4.69) is 0 Å². The molecule has 1 amide bonds. The van der Waals surface area contributed by atoms with E-state index in [0.29, 0.717) is 33.5 Å². The lowest BCUT2D eigenvalue weighted by atomic mass is 10.0. The van der Waals surface area contributed by atoms with E-state index in [-0.39, 0.29) is 35.8 Å². The van der Waals surface area contributed by atoms with Crippen molar-refractivity contribution in [2.24, 2.45) is 0 Å². The SMILES string of the molecule is O=C1CC(c2ccccc2)=C2C(=O)N(Cc3cc(C(=O)O)cc(C(=O)O)c3)C(c3ccccc3)=C12. The molecule has 3 aromatic carbocycles. The van der Waals surface area contributed by atoms with Crippen LogP contribution in [0.15, 0.2) is 90.0 Å². The number of carboxylic acid groups (broad SMARTS) is 2. The Morgan fingerprint density at radius 1 is 0.743 bits per heavy atom. The van der Waals surface area contributed by atoms with Crippen molar-refractivity contribution in [2.45, 2.75) is 13.0 Å². The molecule has 2 aliphatic rings. The molecular formula is C28H19NO6. The van der Waals surface area contributed by atoms with Gasteiger partial charge in [0.15, 0.2) is 5.78 Å². The molecule has 35 heavy (non-hydrogen) atoms. The molecule has 0 saturated heterocycles. The summed E-state index contributed by atoms with van der Waals surface area (Å²) in [5.74, 6) is -3.09. The number of rotatable bonds is 6. The van der Waals surface area contributed by atoms with Crippen LogP contribution in [0.5, 0.6) is 0 Å². The lowest BCUT2D eigenvalue weighted by molar-refractivity contribution is -0.123. The van der Waals surface area contributed by atoms with Gasteiger partial charge in [-0.15, -0.1) is 0 Å². The second kappa shape index (κ2) is 8.53. The fourth-order valence-electron chi connectivity index (χ4n) is 4.63. The lowest BCUT2D eigenvalue weighted by Crippen LogP contribution is -2.26. The highest BCUT2D eigenvalue weighted by molar-refractivity contribution is 6.31. The van der Waals surface area contributed by atoms with E-state index in [1.807, 2.05) is 36.4 Å². The van der Waals surface area contributed by atoms with Crippen molar-refractivity contribution >= 4 is 34.9 Å². The number of ketones is 1. The van der Waals surface area contributed by atoms with Crippen molar-refractivity contribution in [2.75, 3.05) is 0 Å². The molecule has 1 aliphatic carbocycles. The van der Waals surface area contributed by atoms with Crippen LogP contribution < -0.4 is 0 Å². The molecule has 5 rings (SSSR count). The highest BCUT2D eigenvalue weighted by Gasteiger charge is 2.44. The number of fused-ring (bicyclic) bond motifs is 1. The van der Waals surface area contributed by atoms with E-state index in [1.54, 1.807) is 24.3 Å². The van der Waals surface area contributed by atoms with Gasteiger partial charge in [0.25, 0.3) is 5.91 Å². The third-order valence-corrected chi connectivity index (χ3v) is 6.13. The first-order valence-electron chi connectivity index (χ1n) is 10.9. The Morgan fingerprint density at radius 3 is 1.83 bits per heavy atom. The van der Waals surface area contributed by atoms with Gasteiger partial charge in [-0.1, -0.05) is 60.7 Å². The standard InChI is InChI=1S/C28H19NO6/c30-22-14-21(17-7-3-1-4-8-17)23-24(22)25(18-9-5-2-6-10-18)29(26(23)31)15-16-11-19(27(32)33)13-20(12-16)28(34)35/h1-13H,14-15H2,(H,32,33)(H,34,35). The van der Waals surface area contributed by atoms with Gasteiger partial charge in [0.1, 0.15) is 0 Å². The van der Waals surface area contributed by atoms with E-state index >= 15 is 0 Å². The topological polar surface area (TPSA) is 112 Å². The molecule has 0 saturated carbocycles. The quantitative estimate of drug-likeness (QED) is 0.563. The highest BCUT2D eigenvalue weighted by Crippen LogP contribution is 2.46. The predicted molar refractivity (Wildman–Crippen MR) is 127 cm³/mol. The van der Waals surface area contributed by atoms with E-state index in [1.165, 1.54) is 17.0 Å². The second-order valence-corrected chi connectivity index (χ2v) is 8.33. The van der Waals surface area contributed by atoms with Gasteiger partial charge >= 0.3 is 11.9 Å². The third-order valence-electron chi connectivity index (χ3n) is 6.13. The molecule has 1 heterocycles. The molecule has 0 unspecified atom stereocenters. The molecule has 2 N–H and O–H groups in total. The summed E-state index contributed by atoms with van der Waals surface area (Å²) in [5, 5.41) is 18.9. The second-order valence-electron chi connectivity index (χ2n) is 8.33. The first-order valence-corrected chi connectivity index (χ1v) is 10.9. The van der Waals surface area contributed by atoms with Gasteiger partial charge < -0.3 is 15.1 Å². The van der Waals surface area contributed by atoms with Crippen molar-refractivity contribution in [1.82, 2.24) is 4.90 Å². The molecule has 0 bridgehead atoms. The van der Waals surface area contributed by atoms with Gasteiger partial charge in [0.05, 0.1) is 34.5 Å². The fourth-order valence-corrected chi connectivity index (χ4v) is 4.63. The summed E-state index contributed by atoms with van der Waals surface area (Å²) < 4.78 is 0. The smallest absolute Gasteiger partial charge is 0.335 e. The van der Waals surface area contributed by atoms with Gasteiger partial charge in [-0.25, -0.2) is 9.59 Å². The summed E-state index contributed by atoms with van der Waals surface area (Å²) in [7, 11) is 0. The molecule has 0 atom stereocenters. The molecule has 7 nitrogen and oxygen atoms in total. The van der Waals surface area contributed by atoms with Gasteiger partial charge in [0.2, 0.25) is 0 Å². The van der Waals surface area contributed by atoms with E-state index in [9.17, 15) is 29.4 Å². The minimum absolute atomic E-state index is 0.0905. The lowest BCUT2D eigenvalue weighted by Gasteiger charge is -2.22. The van der Waals surface area contributed by atoms with Crippen molar-refractivity contribution in [1.29, 1.82) is 0 Å². The number of carbonyl (C=O) groups is 4. The summed E-state index contributed by atoms with van der Waals surface area (Å²) in [5.41, 5.74) is 3.17. The van der Waals surface area contributed by atoms with Gasteiger partial charge in [0, 0.05) is 6.42 Å². The Morgan fingerprint density at radius 2 is 1.29 bits per heavy atom. The number of benzene rings is 3. The van der Waals surface area contributed by atoms with Crippen molar-refractivity contribution in [3.05, 3.63) is 118 Å². The maximum Gasteiger partial charge on any atom is 0.335 e. The van der Waals surface area contributed by atoms with Crippen LogP contribution in [0.4, 0.5) is 0 Å². The summed E-state index contributed by atoms with van der Waals surface area (Å²) in [6, 6.07) is 22.1. The molecule has 0 fully saturated rings. The number of nitrogens with zero attached hydrogens (tertiary/aromatic N) is 1. The van der Waals surface area contributed by atoms with Crippen LogP contribution in [0.2, 0.25) is 0 Å². The molecule has 172 valence electrons. The van der Waals surface area contributed by atoms with Crippen LogP contribution in [0, 0.1) is 0 Å². The Labute approximate surface area is 200 Å². The average molecular weight is 465 g/mol. The van der Waals surface area contributed by atoms with Crippen LogP contribution in [-0.2, 0) is 16.1 Å². The van der Waals surface area contributed by atoms with Crippen LogP contribution in [0.3, 0.4) is 0 Å². The number of carboxylic acids is 2. The van der Waals surface area contributed by atoms with E-state index in [4.69, 9.17) is 0 Å². The number of hydrogen-bond donors (Lipinski definition) is 2. The number of amides is 1. The monoisotopic (exact) mass is 465 g/mol. The molecule has 1 aliphatic heterocycles. The Balaban J connectivity index is 1.68. The van der Waals surface area contributed by atoms with Gasteiger partial charge in [-0.2, -0.15) is 0 Å². The summed E-state index contributed by atoms with van der Waals surface area (Å²) in [6.07, 6.45) is 0.113. The Hall–Kier alpha value is -4.78. The maximum atomic E-state index is 13.8. The largest absolute Gasteiger partial charge is 0.478 e. The zero-order valence-corrected chi connectivity index (χ0v) is 18.4. The fraction of sp³-hybridized carbons (Fsp3) is 0.0714. The molecule has 7 heteroatoms. The summed E-state index contributed by atoms with van der Waals surface area (Å²) >= 11 is 0. The normalized spacial score (nSPS) is 15.1. The van der Waals surface area contributed by atoms with E-state index < -0.39 is 11.9 Å². The molecule has 0 spiro atoms. The van der Waals surface area contributed by atoms with Crippen LogP contribution in [0.1, 0.15) is 43.8 Å². The molecule has 0 radical (unpaired) electrons. The van der Waals surface area contributed by atoms with Crippen molar-refractivity contribution < 1.29 is 29.4 Å². The predicted octanol–water partition coefficient (Wildman–Crippen LogP) is 4.26. The molecular weight excluding hydrogens is 446 g/mol. The van der Waals surface area contributed by atoms with Crippen LogP contribution in [-0.4, -0.2) is 38.7 Å². The summed E-state index contributed by atoms with van der Waals surface area (Å²) in [4.78, 5) is 51.6. The first kappa shape index (κ1) is 22.0. The Bertz CT molecular complexity index is 1440. The van der Waals surface area contributed by atoms with Crippen LogP contribution in [0.25, 0.3) is 11.3 Å². The minimum atomic E-state index is -1.27. The number of Topliss-reactive ketones (excluding diaryl/α,β-unsaturated/α-hetero) is 1. The van der Waals surface area contributed by atoms with Crippen LogP contribution >= 0.6 is 0 Å². The average Bonchev–Trinajstić information content (AvgIpc) is 3.35. The zero-order chi connectivity index (χ0) is 24.7. The molecule has 0 aromatic heterocycles. The number of carbonyl (C=O) groups excluding carboxylic acids is 2. The highest BCUT2D eigenvalue weighted by atomic mass is 16.4. The first-order chi connectivity index (χ1) is 16.8. The minimum Gasteiger partial charge on any atom is -0.478 e. The number of allylic oxidation sites excluding steroid dienone is 1. The third kappa shape index (κ3) is 3.83. The molecule has 3 aromatic rings. The number of hydrogen-bond acceptors (Lipinski definition) is 4. The van der Waals surface area contributed by atoms with Crippen molar-refractivity contribution in [3.8, 4) is 0 Å².